The molecule has 3 rings (SSSR count). The summed E-state index contributed by atoms with van der Waals surface area (Å²) in [5.41, 5.74) is 0.333. The molecule has 0 saturated heterocycles. The highest BCUT2D eigenvalue weighted by Crippen LogP contribution is 2.27. The van der Waals surface area contributed by atoms with Gasteiger partial charge in [0.25, 0.3) is 16.0 Å². The van der Waals surface area contributed by atoms with Crippen LogP contribution >= 0.6 is 23.2 Å². The van der Waals surface area contributed by atoms with Gasteiger partial charge in [-0.15, -0.1) is 5.10 Å². The van der Waals surface area contributed by atoms with Crippen LogP contribution < -0.4 is 0 Å². The van der Waals surface area contributed by atoms with Crippen molar-refractivity contribution < 1.29 is 17.8 Å². The van der Waals surface area contributed by atoms with Crippen molar-refractivity contribution in [2.45, 2.75) is 4.90 Å². The van der Waals surface area contributed by atoms with Crippen LogP contribution in [0.5, 0.6) is 0 Å². The van der Waals surface area contributed by atoms with E-state index in [2.05, 4.69) is 10.3 Å². The minimum Gasteiger partial charge on any atom is -0.282 e. The van der Waals surface area contributed by atoms with Crippen molar-refractivity contribution in [3.8, 4) is 0 Å². The molecule has 118 valence electrons. The first-order chi connectivity index (χ1) is 10.8. The third kappa shape index (κ3) is 2.81. The molecule has 0 bridgehead atoms. The number of fused-ring (bicyclic) bond motifs is 1. The van der Waals surface area contributed by atoms with E-state index in [9.17, 15) is 17.8 Å². The van der Waals surface area contributed by atoms with Gasteiger partial charge in [-0.05, 0) is 24.3 Å². The quantitative estimate of drug-likeness (QED) is 0.694. The SMILES string of the molecule is O=C(c1ccccc1S(=O)(=O)O)n1nnc2cc(Cl)c(Cl)cc21. The van der Waals surface area contributed by atoms with Gasteiger partial charge in [-0.25, -0.2) is 0 Å². The van der Waals surface area contributed by atoms with Gasteiger partial charge in [0.05, 0.1) is 21.1 Å². The van der Waals surface area contributed by atoms with E-state index in [0.29, 0.717) is 5.52 Å². The predicted molar refractivity (Wildman–Crippen MR) is 83.5 cm³/mol. The van der Waals surface area contributed by atoms with Crippen molar-refractivity contribution in [1.82, 2.24) is 15.0 Å². The number of benzene rings is 2. The third-order valence-electron chi connectivity index (χ3n) is 3.08. The number of rotatable bonds is 2. The van der Waals surface area contributed by atoms with E-state index < -0.39 is 20.9 Å². The molecule has 0 aliphatic rings. The summed E-state index contributed by atoms with van der Waals surface area (Å²) in [7, 11) is -4.57. The Kier molecular flexibility index (Phi) is 3.85. The first-order valence-electron chi connectivity index (χ1n) is 6.10. The molecule has 0 fully saturated rings. The monoisotopic (exact) mass is 371 g/mol. The minimum absolute atomic E-state index is 0.193. The second-order valence-electron chi connectivity index (χ2n) is 4.53. The highest BCUT2D eigenvalue weighted by Gasteiger charge is 2.23. The molecule has 1 N–H and O–H groups in total. The Hall–Kier alpha value is -2.00. The standard InChI is InChI=1S/C13H7Cl2N3O4S/c14-8-5-10-11(6-9(8)15)18(17-16-10)13(19)7-3-1-2-4-12(7)23(20,21)22/h1-6H,(H,20,21,22). The number of carbonyl (C=O) groups excluding carboxylic acids is 1. The van der Waals surface area contributed by atoms with E-state index in [1.807, 2.05) is 0 Å². The lowest BCUT2D eigenvalue weighted by molar-refractivity contribution is 0.0944. The maximum absolute atomic E-state index is 12.6. The van der Waals surface area contributed by atoms with Crippen molar-refractivity contribution in [3.05, 3.63) is 52.0 Å². The van der Waals surface area contributed by atoms with Gasteiger partial charge in [0.15, 0.2) is 0 Å². The summed E-state index contributed by atoms with van der Waals surface area (Å²) >= 11 is 11.8. The number of nitrogens with zero attached hydrogens (tertiary/aromatic N) is 3. The zero-order valence-corrected chi connectivity index (χ0v) is 13.5. The first kappa shape index (κ1) is 15.9. The molecular weight excluding hydrogens is 365 g/mol. The van der Waals surface area contributed by atoms with Crippen molar-refractivity contribution >= 4 is 50.3 Å². The Bertz CT molecular complexity index is 1050. The molecule has 0 unspecified atom stereocenters. The van der Waals surface area contributed by atoms with Gasteiger partial charge in [0.1, 0.15) is 10.4 Å². The van der Waals surface area contributed by atoms with Crippen LogP contribution in [-0.4, -0.2) is 33.9 Å². The van der Waals surface area contributed by atoms with Crippen LogP contribution in [0.15, 0.2) is 41.3 Å². The first-order valence-corrected chi connectivity index (χ1v) is 8.30. The molecule has 0 amide bonds. The maximum atomic E-state index is 12.6. The Labute approximate surface area is 140 Å². The Balaban J connectivity index is 2.22. The van der Waals surface area contributed by atoms with Gasteiger partial charge in [-0.1, -0.05) is 40.5 Å². The summed E-state index contributed by atoms with van der Waals surface area (Å²) in [6, 6.07) is 8.06. The molecular formula is C13H7Cl2N3O4S. The van der Waals surface area contributed by atoms with E-state index in [0.717, 1.165) is 10.7 Å². The lowest BCUT2D eigenvalue weighted by Crippen LogP contribution is -2.17. The number of carbonyl (C=O) groups is 1. The summed E-state index contributed by atoms with van der Waals surface area (Å²) in [4.78, 5) is 12.1. The smallest absolute Gasteiger partial charge is 0.282 e. The van der Waals surface area contributed by atoms with Crippen molar-refractivity contribution in [1.29, 1.82) is 0 Å². The second-order valence-corrected chi connectivity index (χ2v) is 6.74. The predicted octanol–water partition coefficient (Wildman–Crippen LogP) is 2.67. The molecule has 3 aromatic rings. The van der Waals surface area contributed by atoms with Crippen LogP contribution in [0.4, 0.5) is 0 Å². The lowest BCUT2D eigenvalue weighted by Gasteiger charge is -2.06. The summed E-state index contributed by atoms with van der Waals surface area (Å²) in [5, 5.41) is 7.94. The Morgan fingerprint density at radius 2 is 1.78 bits per heavy atom. The molecule has 0 radical (unpaired) electrons. The number of hydrogen-bond donors (Lipinski definition) is 1. The maximum Gasteiger partial charge on any atom is 0.295 e. The van der Waals surface area contributed by atoms with Crippen LogP contribution in [0.25, 0.3) is 11.0 Å². The van der Waals surface area contributed by atoms with Crippen LogP contribution in [0.2, 0.25) is 10.0 Å². The van der Waals surface area contributed by atoms with Gasteiger partial charge in [0.2, 0.25) is 0 Å². The van der Waals surface area contributed by atoms with Crippen molar-refractivity contribution in [3.63, 3.8) is 0 Å². The average Bonchev–Trinajstić information content (AvgIpc) is 2.89. The van der Waals surface area contributed by atoms with Crippen LogP contribution in [0, 0.1) is 0 Å². The van der Waals surface area contributed by atoms with Gasteiger partial charge in [-0.2, -0.15) is 13.1 Å². The normalized spacial score (nSPS) is 11.8. The fraction of sp³-hybridized carbons (Fsp3) is 0. The zero-order chi connectivity index (χ0) is 16.8. The molecule has 1 heterocycles. The van der Waals surface area contributed by atoms with E-state index in [-0.39, 0.29) is 21.1 Å². The number of aromatic nitrogens is 3. The van der Waals surface area contributed by atoms with E-state index in [1.54, 1.807) is 0 Å². The van der Waals surface area contributed by atoms with Crippen LogP contribution in [0.1, 0.15) is 10.4 Å². The number of halogens is 2. The Morgan fingerprint density at radius 3 is 2.48 bits per heavy atom. The molecule has 0 saturated carbocycles. The topological polar surface area (TPSA) is 102 Å². The molecule has 0 spiro atoms. The molecule has 23 heavy (non-hydrogen) atoms. The van der Waals surface area contributed by atoms with E-state index >= 15 is 0 Å². The van der Waals surface area contributed by atoms with Crippen molar-refractivity contribution in [2.75, 3.05) is 0 Å². The molecule has 0 aliphatic heterocycles. The second kappa shape index (κ2) is 5.57. The molecule has 0 atom stereocenters. The zero-order valence-electron chi connectivity index (χ0n) is 11.1. The Morgan fingerprint density at radius 1 is 1.13 bits per heavy atom. The minimum atomic E-state index is -4.57. The van der Waals surface area contributed by atoms with Gasteiger partial charge in [0, 0.05) is 0 Å². The van der Waals surface area contributed by atoms with Crippen LogP contribution in [0.3, 0.4) is 0 Å². The molecule has 7 nitrogen and oxygen atoms in total. The molecule has 10 heteroatoms. The van der Waals surface area contributed by atoms with E-state index in [4.69, 9.17) is 23.2 Å². The highest BCUT2D eigenvalue weighted by atomic mass is 35.5. The van der Waals surface area contributed by atoms with Crippen molar-refractivity contribution in [2.24, 2.45) is 0 Å². The van der Waals surface area contributed by atoms with Gasteiger partial charge in [-0.3, -0.25) is 9.35 Å². The van der Waals surface area contributed by atoms with E-state index in [1.165, 1.54) is 30.3 Å². The number of hydrogen-bond acceptors (Lipinski definition) is 5. The summed E-state index contributed by atoms with van der Waals surface area (Å²) in [6.07, 6.45) is 0. The fourth-order valence-electron chi connectivity index (χ4n) is 2.05. The third-order valence-corrected chi connectivity index (χ3v) is 4.71. The van der Waals surface area contributed by atoms with Crippen LogP contribution in [-0.2, 0) is 10.1 Å². The molecule has 2 aromatic carbocycles. The molecule has 1 aromatic heterocycles. The largest absolute Gasteiger partial charge is 0.295 e. The van der Waals surface area contributed by atoms with Gasteiger partial charge >= 0.3 is 0 Å². The summed E-state index contributed by atoms with van der Waals surface area (Å²) in [6.45, 7) is 0. The van der Waals surface area contributed by atoms with Gasteiger partial charge < -0.3 is 0 Å². The summed E-state index contributed by atoms with van der Waals surface area (Å²) < 4.78 is 33.0. The average molecular weight is 372 g/mol. The lowest BCUT2D eigenvalue weighted by atomic mass is 10.2. The fourth-order valence-corrected chi connectivity index (χ4v) is 3.05. The summed E-state index contributed by atoms with van der Waals surface area (Å²) in [5.74, 6) is -0.779. The highest BCUT2D eigenvalue weighted by molar-refractivity contribution is 7.86. The molecule has 0 aliphatic carbocycles.